The van der Waals surface area contributed by atoms with Crippen LogP contribution in [0.3, 0.4) is 0 Å². The maximum absolute atomic E-state index is 12.0. The molecule has 0 fully saturated rings. The first kappa shape index (κ1) is 20.3. The average molecular weight is 501 g/mol. The Bertz CT molecular complexity index is 343. The molecule has 0 amide bonds. The van der Waals surface area contributed by atoms with Gasteiger partial charge in [0, 0.05) is 16.9 Å². The third-order valence-corrected chi connectivity index (χ3v) is 1.82. The van der Waals surface area contributed by atoms with Crippen LogP contribution in [0.15, 0.2) is 22.9 Å². The van der Waals surface area contributed by atoms with Crippen molar-refractivity contribution in [2.45, 2.75) is 33.0 Å². The molecule has 0 aliphatic rings. The van der Waals surface area contributed by atoms with Gasteiger partial charge in [-0.15, -0.1) is 0 Å². The first-order valence-electron chi connectivity index (χ1n) is 4.79. The predicted octanol–water partition coefficient (Wildman–Crippen LogP) is 5.12. The van der Waals surface area contributed by atoms with E-state index >= 15 is 0 Å². The van der Waals surface area contributed by atoms with Crippen LogP contribution in [-0.2, 0) is 19.8 Å². The second-order valence-electron chi connectivity index (χ2n) is 3.91. The van der Waals surface area contributed by atoms with Crippen LogP contribution in [0.2, 0.25) is 0 Å². The summed E-state index contributed by atoms with van der Waals surface area (Å²) in [5.41, 5.74) is 6.71. The summed E-state index contributed by atoms with van der Waals surface area (Å²) in [6.45, 7) is 6.25. The Kier molecular flexibility index (Phi) is 10.2. The zero-order valence-electron chi connectivity index (χ0n) is 10.1. The Morgan fingerprint density at radius 3 is 2.06 bits per heavy atom. The molecule has 0 aromatic carbocycles. The fraction of sp³-hybridized carbons (Fsp3) is 0.455. The first-order chi connectivity index (χ1) is 7.64. The second-order valence-corrected chi connectivity index (χ2v) is 4.83. The van der Waals surface area contributed by atoms with Crippen molar-refractivity contribution < 1.29 is 33.0 Å². The molecule has 0 radical (unpaired) electrons. The van der Waals surface area contributed by atoms with Crippen molar-refractivity contribution in [1.82, 2.24) is 4.98 Å². The van der Waals surface area contributed by atoms with Gasteiger partial charge < -0.3 is 11.7 Å². The van der Waals surface area contributed by atoms with E-state index in [1.54, 1.807) is 0 Å². The molecule has 7 heteroatoms. The third-order valence-electron chi connectivity index (χ3n) is 1.39. The average Bonchev–Trinajstić information content (AvgIpc) is 2.14. The van der Waals surface area contributed by atoms with E-state index in [9.17, 15) is 13.2 Å². The third kappa shape index (κ3) is 9.01. The fourth-order valence-electron chi connectivity index (χ4n) is 0.775. The number of pyridine rings is 1. The van der Waals surface area contributed by atoms with Gasteiger partial charge in [-0.05, 0) is 33.6 Å². The predicted molar refractivity (Wildman–Crippen MR) is 65.3 cm³/mol. The minimum Gasteiger partial charge on any atom is -0.663 e. The topological polar surface area (TPSA) is 36.7 Å². The zero-order valence-corrected chi connectivity index (χ0v) is 14.2. The van der Waals surface area contributed by atoms with E-state index in [0.717, 1.165) is 6.20 Å². The minimum atomic E-state index is -4.54. The van der Waals surface area contributed by atoms with E-state index in [2.05, 4.69) is 41.7 Å². The molecule has 1 aromatic rings. The van der Waals surface area contributed by atoms with Crippen molar-refractivity contribution in [3.05, 3.63) is 40.1 Å². The fourth-order valence-corrected chi connectivity index (χ4v) is 1.16. The number of aromatic nitrogens is 1. The summed E-state index contributed by atoms with van der Waals surface area (Å²) in [5, 5.41) is 0. The Morgan fingerprint density at radius 2 is 1.72 bits per heavy atom. The molecule has 0 aliphatic heterocycles. The van der Waals surface area contributed by atoms with Gasteiger partial charge in [0.1, 0.15) is 0 Å². The van der Waals surface area contributed by atoms with Crippen LogP contribution in [0.25, 0.3) is 5.73 Å². The van der Waals surface area contributed by atoms with E-state index in [-0.39, 0.29) is 25.4 Å². The van der Waals surface area contributed by atoms with Gasteiger partial charge in [-0.2, -0.15) is 33.9 Å². The quantitative estimate of drug-likeness (QED) is 0.493. The summed E-state index contributed by atoms with van der Waals surface area (Å²) in [4.78, 5) is 3.55. The normalized spacial score (nSPS) is 12.3. The summed E-state index contributed by atoms with van der Waals surface area (Å²) in [7, 11) is 0. The number of hydrogen-bond acceptors (Lipinski definition) is 1. The molecule has 0 saturated carbocycles. The molecule has 18 heavy (non-hydrogen) atoms. The van der Waals surface area contributed by atoms with Gasteiger partial charge in [0.25, 0.3) is 0 Å². The van der Waals surface area contributed by atoms with Crippen LogP contribution in [0.1, 0.15) is 32.4 Å². The van der Waals surface area contributed by atoms with Crippen molar-refractivity contribution in [1.29, 1.82) is 0 Å². The van der Waals surface area contributed by atoms with Crippen molar-refractivity contribution in [2.24, 2.45) is 0 Å². The Labute approximate surface area is 127 Å². The van der Waals surface area contributed by atoms with E-state index in [1.807, 2.05) is 0 Å². The minimum absolute atomic E-state index is 0. The van der Waals surface area contributed by atoms with Crippen molar-refractivity contribution in [3.63, 3.8) is 0 Å². The molecule has 1 atom stereocenters. The summed E-state index contributed by atoms with van der Waals surface area (Å²) in [6.07, 6.45) is -2.13. The van der Waals surface area contributed by atoms with Gasteiger partial charge in [0.2, 0.25) is 0 Å². The maximum atomic E-state index is 12.0. The molecule has 0 spiro atoms. The summed E-state index contributed by atoms with van der Waals surface area (Å²) in [5.74, 6) is 1.42. The molecule has 0 bridgehead atoms. The van der Waals surface area contributed by atoms with E-state index in [4.69, 9.17) is 5.73 Å². The largest absolute Gasteiger partial charge is 2.00 e. The summed E-state index contributed by atoms with van der Waals surface area (Å²) < 4.78 is 36.5. The van der Waals surface area contributed by atoms with Gasteiger partial charge in [0.05, 0.1) is 0 Å². The molecule has 104 valence electrons. The van der Waals surface area contributed by atoms with Crippen LogP contribution in [0.5, 0.6) is 0 Å². The number of nitrogens with one attached hydrogen (secondary N) is 1. The smallest absolute Gasteiger partial charge is 0.663 e. The molecule has 0 aliphatic carbocycles. The Hall–Kier alpha value is 0.0164. The van der Waals surface area contributed by atoms with Crippen LogP contribution in [0, 0.1) is 5.92 Å². The molecule has 1 N–H and O–H groups in total. The van der Waals surface area contributed by atoms with Crippen molar-refractivity contribution in [2.75, 3.05) is 0 Å². The van der Waals surface area contributed by atoms with Crippen LogP contribution in [0.4, 0.5) is 13.2 Å². The number of nitrogens with zero attached hydrogens (tertiary/aromatic N) is 1. The van der Waals surface area contributed by atoms with E-state index in [0.29, 0.717) is 4.47 Å². The standard InChI is InChI=1S/C7H5BrF3N2.C4H9.Os/c8-5-1-4(2-13-3-5)6(12)7(9,10)11;1-4(2)3;/h1-3,6,12H;1-3H3;/q2*-1;+2. The molecule has 2 nitrogen and oxygen atoms in total. The second kappa shape index (κ2) is 9.01. The molecular formula is C11H14BrF3N2Os. The monoisotopic (exact) mass is 502 g/mol. The Balaban J connectivity index is 0. The zero-order chi connectivity index (χ0) is 13.6. The SMILES string of the molecule is C[C-](C)C.[NH-]C(c1cncc(Br)c1)C(F)(F)F.[Os+2]. The van der Waals surface area contributed by atoms with Crippen LogP contribution < -0.4 is 0 Å². The number of hydrogen-bond donors (Lipinski definition) is 0. The van der Waals surface area contributed by atoms with Gasteiger partial charge in [-0.25, -0.2) is 0 Å². The van der Waals surface area contributed by atoms with Crippen molar-refractivity contribution >= 4 is 15.9 Å². The number of rotatable bonds is 1. The van der Waals surface area contributed by atoms with E-state index < -0.39 is 12.2 Å². The molecule has 1 aromatic heterocycles. The Morgan fingerprint density at radius 1 is 1.28 bits per heavy atom. The van der Waals surface area contributed by atoms with Gasteiger partial charge in [-0.1, -0.05) is 0 Å². The van der Waals surface area contributed by atoms with E-state index in [1.165, 1.54) is 18.2 Å². The van der Waals surface area contributed by atoms with Crippen LogP contribution >= 0.6 is 15.9 Å². The summed E-state index contributed by atoms with van der Waals surface area (Å²) in [6, 6.07) is -0.990. The number of alkyl halides is 3. The van der Waals surface area contributed by atoms with Crippen LogP contribution in [-0.4, -0.2) is 11.2 Å². The first-order valence-corrected chi connectivity index (χ1v) is 5.59. The molecule has 1 rings (SSSR count). The molecule has 1 heterocycles. The number of halogens is 4. The van der Waals surface area contributed by atoms with Crippen molar-refractivity contribution in [3.8, 4) is 0 Å². The van der Waals surface area contributed by atoms with Gasteiger partial charge in [0.15, 0.2) is 0 Å². The molecule has 0 saturated heterocycles. The summed E-state index contributed by atoms with van der Waals surface area (Å²) >= 11 is 2.98. The van der Waals surface area contributed by atoms with Gasteiger partial charge >= 0.3 is 26.0 Å². The molecule has 1 unspecified atom stereocenters. The maximum Gasteiger partial charge on any atom is 2.00 e. The van der Waals surface area contributed by atoms with Gasteiger partial charge in [-0.3, -0.25) is 4.98 Å². The molecular weight excluding hydrogens is 487 g/mol.